The SMILES string of the molecule is O=C(Cc1ccc(-n2cnnn2)cc1)Nc1ccn(Cc2ccccc2Cl)n1. The molecule has 9 heteroatoms. The van der Waals surface area contributed by atoms with Gasteiger partial charge in [-0.25, -0.2) is 4.68 Å². The minimum atomic E-state index is -0.141. The molecule has 2 aromatic carbocycles. The van der Waals surface area contributed by atoms with E-state index in [-0.39, 0.29) is 12.3 Å². The average Bonchev–Trinajstić information content (AvgIpc) is 3.37. The van der Waals surface area contributed by atoms with Crippen molar-refractivity contribution in [2.24, 2.45) is 0 Å². The molecule has 0 saturated heterocycles. The molecular formula is C19H16ClN7O. The van der Waals surface area contributed by atoms with Crippen LogP contribution in [0.25, 0.3) is 5.69 Å². The summed E-state index contributed by atoms with van der Waals surface area (Å²) in [5, 5.41) is 18.9. The second-order valence-electron chi connectivity index (χ2n) is 6.14. The fraction of sp³-hybridized carbons (Fsp3) is 0.105. The molecule has 28 heavy (non-hydrogen) atoms. The number of nitrogens with one attached hydrogen (secondary N) is 1. The Hall–Kier alpha value is -3.52. The second kappa shape index (κ2) is 8.01. The summed E-state index contributed by atoms with van der Waals surface area (Å²) < 4.78 is 3.28. The summed E-state index contributed by atoms with van der Waals surface area (Å²) in [7, 11) is 0. The van der Waals surface area contributed by atoms with Gasteiger partial charge < -0.3 is 5.32 Å². The molecule has 2 heterocycles. The van der Waals surface area contributed by atoms with Crippen molar-refractivity contribution in [3.05, 3.63) is 83.3 Å². The van der Waals surface area contributed by atoms with Gasteiger partial charge in [-0.1, -0.05) is 41.9 Å². The molecule has 0 aliphatic heterocycles. The molecule has 0 saturated carbocycles. The molecule has 1 amide bonds. The van der Waals surface area contributed by atoms with Gasteiger partial charge in [-0.3, -0.25) is 9.48 Å². The minimum Gasteiger partial charge on any atom is -0.309 e. The number of halogens is 1. The van der Waals surface area contributed by atoms with Crippen LogP contribution in [0.1, 0.15) is 11.1 Å². The van der Waals surface area contributed by atoms with Crippen molar-refractivity contribution in [3.8, 4) is 5.69 Å². The summed E-state index contributed by atoms with van der Waals surface area (Å²) in [6, 6.07) is 16.8. The van der Waals surface area contributed by atoms with Gasteiger partial charge in [-0.15, -0.1) is 5.10 Å². The molecule has 2 aromatic heterocycles. The molecule has 8 nitrogen and oxygen atoms in total. The maximum Gasteiger partial charge on any atom is 0.229 e. The van der Waals surface area contributed by atoms with Crippen molar-refractivity contribution < 1.29 is 4.79 Å². The number of hydrogen-bond acceptors (Lipinski definition) is 5. The molecule has 4 aromatic rings. The van der Waals surface area contributed by atoms with E-state index in [1.807, 2.05) is 48.5 Å². The van der Waals surface area contributed by atoms with Crippen LogP contribution in [-0.4, -0.2) is 35.9 Å². The zero-order chi connectivity index (χ0) is 19.3. The summed E-state index contributed by atoms with van der Waals surface area (Å²) in [5.41, 5.74) is 2.67. The Kier molecular flexibility index (Phi) is 5.11. The minimum absolute atomic E-state index is 0.141. The lowest BCUT2D eigenvalue weighted by Gasteiger charge is -2.05. The molecule has 0 aliphatic carbocycles. The highest BCUT2D eigenvalue weighted by molar-refractivity contribution is 6.31. The van der Waals surface area contributed by atoms with E-state index in [0.717, 1.165) is 16.8 Å². The lowest BCUT2D eigenvalue weighted by Crippen LogP contribution is -2.15. The van der Waals surface area contributed by atoms with Gasteiger partial charge in [0.1, 0.15) is 6.33 Å². The first-order chi connectivity index (χ1) is 13.7. The van der Waals surface area contributed by atoms with E-state index in [0.29, 0.717) is 17.4 Å². The Morgan fingerprint density at radius 3 is 2.64 bits per heavy atom. The first kappa shape index (κ1) is 17.9. The summed E-state index contributed by atoms with van der Waals surface area (Å²) >= 11 is 6.18. The van der Waals surface area contributed by atoms with E-state index in [1.54, 1.807) is 21.6 Å². The summed E-state index contributed by atoms with van der Waals surface area (Å²) in [6.07, 6.45) is 3.56. The van der Waals surface area contributed by atoms with Crippen LogP contribution in [0, 0.1) is 0 Å². The number of benzene rings is 2. The molecule has 0 atom stereocenters. The summed E-state index contributed by atoms with van der Waals surface area (Å²) in [5.74, 6) is 0.362. The van der Waals surface area contributed by atoms with Crippen LogP contribution in [-0.2, 0) is 17.8 Å². The standard InChI is InChI=1S/C19H16ClN7O/c20-17-4-2-1-3-15(17)12-26-10-9-18(23-26)22-19(28)11-14-5-7-16(8-6-14)27-13-21-24-25-27/h1-10,13H,11-12H2,(H,22,23,28). The number of tetrazole rings is 1. The van der Waals surface area contributed by atoms with E-state index >= 15 is 0 Å². The van der Waals surface area contributed by atoms with Crippen molar-refractivity contribution >= 4 is 23.3 Å². The van der Waals surface area contributed by atoms with Crippen LogP contribution in [0.15, 0.2) is 67.1 Å². The first-order valence-corrected chi connectivity index (χ1v) is 8.94. The number of anilines is 1. The van der Waals surface area contributed by atoms with Gasteiger partial charge in [-0.05, 0) is 39.8 Å². The highest BCUT2D eigenvalue weighted by Crippen LogP contribution is 2.16. The van der Waals surface area contributed by atoms with Gasteiger partial charge in [0.2, 0.25) is 5.91 Å². The predicted octanol–water partition coefficient (Wildman–Crippen LogP) is 2.74. The number of amides is 1. The second-order valence-corrected chi connectivity index (χ2v) is 6.54. The Bertz CT molecular complexity index is 1070. The quantitative estimate of drug-likeness (QED) is 0.544. The molecule has 0 radical (unpaired) electrons. The number of rotatable bonds is 6. The predicted molar refractivity (Wildman–Crippen MR) is 104 cm³/mol. The zero-order valence-corrected chi connectivity index (χ0v) is 15.5. The topological polar surface area (TPSA) is 90.5 Å². The normalized spacial score (nSPS) is 10.8. The van der Waals surface area contributed by atoms with Crippen molar-refractivity contribution in [1.82, 2.24) is 30.0 Å². The Morgan fingerprint density at radius 2 is 1.89 bits per heavy atom. The van der Waals surface area contributed by atoms with Crippen molar-refractivity contribution in [2.75, 3.05) is 5.32 Å². The zero-order valence-electron chi connectivity index (χ0n) is 14.7. The fourth-order valence-electron chi connectivity index (χ4n) is 2.74. The smallest absolute Gasteiger partial charge is 0.229 e. The molecule has 0 fully saturated rings. The highest BCUT2D eigenvalue weighted by Gasteiger charge is 2.08. The van der Waals surface area contributed by atoms with Gasteiger partial charge in [0.15, 0.2) is 5.82 Å². The van der Waals surface area contributed by atoms with Crippen LogP contribution in [0.5, 0.6) is 0 Å². The lowest BCUT2D eigenvalue weighted by atomic mass is 10.1. The third kappa shape index (κ3) is 4.24. The van der Waals surface area contributed by atoms with E-state index in [1.165, 1.54) is 6.33 Å². The molecule has 0 aliphatic rings. The Labute approximate surface area is 165 Å². The fourth-order valence-corrected chi connectivity index (χ4v) is 2.93. The molecule has 140 valence electrons. The number of carbonyl (C=O) groups excluding carboxylic acids is 1. The van der Waals surface area contributed by atoms with Crippen molar-refractivity contribution in [3.63, 3.8) is 0 Å². The number of hydrogen-bond donors (Lipinski definition) is 1. The van der Waals surface area contributed by atoms with Crippen LogP contribution in [0.2, 0.25) is 5.02 Å². The summed E-state index contributed by atoms with van der Waals surface area (Å²) in [6.45, 7) is 0.536. The van der Waals surface area contributed by atoms with Crippen molar-refractivity contribution in [2.45, 2.75) is 13.0 Å². The molecule has 4 rings (SSSR count). The maximum absolute atomic E-state index is 12.3. The Balaban J connectivity index is 1.35. The largest absolute Gasteiger partial charge is 0.309 e. The number of carbonyl (C=O) groups is 1. The molecule has 1 N–H and O–H groups in total. The molecule has 0 bridgehead atoms. The summed E-state index contributed by atoms with van der Waals surface area (Å²) in [4.78, 5) is 12.3. The first-order valence-electron chi connectivity index (χ1n) is 8.56. The Morgan fingerprint density at radius 1 is 1.07 bits per heavy atom. The van der Waals surface area contributed by atoms with E-state index < -0.39 is 0 Å². The van der Waals surface area contributed by atoms with Gasteiger partial charge in [0.05, 0.1) is 18.7 Å². The monoisotopic (exact) mass is 393 g/mol. The molecule has 0 unspecified atom stereocenters. The van der Waals surface area contributed by atoms with Crippen molar-refractivity contribution in [1.29, 1.82) is 0 Å². The van der Waals surface area contributed by atoms with E-state index in [9.17, 15) is 4.79 Å². The highest BCUT2D eigenvalue weighted by atomic mass is 35.5. The molecular weight excluding hydrogens is 378 g/mol. The van der Waals surface area contributed by atoms with Crippen LogP contribution in [0.3, 0.4) is 0 Å². The van der Waals surface area contributed by atoms with E-state index in [4.69, 9.17) is 11.6 Å². The van der Waals surface area contributed by atoms with Gasteiger partial charge >= 0.3 is 0 Å². The van der Waals surface area contributed by atoms with Gasteiger partial charge in [0, 0.05) is 17.3 Å². The number of aromatic nitrogens is 6. The van der Waals surface area contributed by atoms with Gasteiger partial charge in [0.25, 0.3) is 0 Å². The average molecular weight is 394 g/mol. The van der Waals surface area contributed by atoms with Crippen LogP contribution in [0.4, 0.5) is 5.82 Å². The maximum atomic E-state index is 12.3. The third-order valence-electron chi connectivity index (χ3n) is 4.11. The lowest BCUT2D eigenvalue weighted by molar-refractivity contribution is -0.115. The third-order valence-corrected chi connectivity index (χ3v) is 4.48. The van der Waals surface area contributed by atoms with Gasteiger partial charge in [-0.2, -0.15) is 5.10 Å². The number of nitrogens with zero attached hydrogens (tertiary/aromatic N) is 6. The van der Waals surface area contributed by atoms with E-state index in [2.05, 4.69) is 25.9 Å². The molecule has 0 spiro atoms. The van der Waals surface area contributed by atoms with Crippen LogP contribution < -0.4 is 5.32 Å². The van der Waals surface area contributed by atoms with Crippen LogP contribution >= 0.6 is 11.6 Å².